The normalized spacial score (nSPS) is 15.3. The molecule has 2 aromatic carbocycles. The van der Waals surface area contributed by atoms with Gasteiger partial charge < -0.3 is 30.8 Å². The average Bonchev–Trinajstić information content (AvgIpc) is 2.98. The zero-order chi connectivity index (χ0) is 28.7. The maximum Gasteiger partial charge on any atom is 0.305 e. The number of aldehydes is 1. The van der Waals surface area contributed by atoms with E-state index in [9.17, 15) is 33.6 Å². The van der Waals surface area contributed by atoms with Gasteiger partial charge in [-0.1, -0.05) is 12.1 Å². The lowest BCUT2D eigenvalue weighted by molar-refractivity contribution is -0.139. The number of benzene rings is 2. The van der Waals surface area contributed by atoms with E-state index in [2.05, 4.69) is 16.0 Å². The first kappa shape index (κ1) is 28.5. The Morgan fingerprint density at radius 3 is 2.23 bits per heavy atom. The standard InChI is InChI=1S/C26H27N5O8/c1-15(33)27-18-9-7-17(8-10-18)25(38)29-20-12-30(16(2)34)21-5-3-4-6-22(21)31(26(20)39)13-23(35)28-19(14-32)11-24(36)37/h3-10,14,19-20H,11-13H2,1-2H3,(H,27,33)(H,28,35)(H,29,38)(H,36,37)/t19-,20-/m0/s1. The fourth-order valence-corrected chi connectivity index (χ4v) is 4.02. The first-order chi connectivity index (χ1) is 18.5. The van der Waals surface area contributed by atoms with Crippen molar-refractivity contribution in [3.05, 3.63) is 54.1 Å². The number of nitrogens with one attached hydrogen (secondary N) is 3. The minimum Gasteiger partial charge on any atom is -0.481 e. The van der Waals surface area contributed by atoms with Gasteiger partial charge in [-0.05, 0) is 36.4 Å². The van der Waals surface area contributed by atoms with Crippen molar-refractivity contribution in [3.8, 4) is 0 Å². The van der Waals surface area contributed by atoms with E-state index in [1.165, 1.54) is 49.1 Å². The number of para-hydroxylation sites is 2. The number of carboxylic acids is 1. The van der Waals surface area contributed by atoms with E-state index in [0.717, 1.165) is 4.90 Å². The van der Waals surface area contributed by atoms with Gasteiger partial charge in [-0.25, -0.2) is 0 Å². The summed E-state index contributed by atoms with van der Waals surface area (Å²) in [5, 5.41) is 16.4. The lowest BCUT2D eigenvalue weighted by atomic mass is 10.1. The van der Waals surface area contributed by atoms with Crippen molar-refractivity contribution in [2.45, 2.75) is 32.4 Å². The zero-order valence-corrected chi connectivity index (χ0v) is 21.2. The van der Waals surface area contributed by atoms with Gasteiger partial charge in [0.25, 0.3) is 11.8 Å². The second-order valence-corrected chi connectivity index (χ2v) is 8.74. The predicted molar refractivity (Wildman–Crippen MR) is 139 cm³/mol. The monoisotopic (exact) mass is 537 g/mol. The predicted octanol–water partition coefficient (Wildman–Crippen LogP) is 0.302. The molecule has 0 aromatic heterocycles. The number of nitrogens with zero attached hydrogens (tertiary/aromatic N) is 2. The van der Waals surface area contributed by atoms with Crippen LogP contribution in [0.15, 0.2) is 48.5 Å². The number of amides is 5. The van der Waals surface area contributed by atoms with Crippen molar-refractivity contribution in [2.75, 3.05) is 28.2 Å². The molecule has 0 saturated heterocycles. The van der Waals surface area contributed by atoms with Crippen molar-refractivity contribution < 1.29 is 38.7 Å². The van der Waals surface area contributed by atoms with Gasteiger partial charge in [0.2, 0.25) is 17.7 Å². The molecule has 1 heterocycles. The Hall–Kier alpha value is -5.07. The Labute approximate surface area is 223 Å². The molecule has 0 radical (unpaired) electrons. The SMILES string of the molecule is CC(=O)Nc1ccc(C(=O)N[C@H]2CN(C(C)=O)c3ccccc3N(CC(=O)N[C@H](C=O)CC(=O)O)C2=O)cc1. The summed E-state index contributed by atoms with van der Waals surface area (Å²) in [6, 6.07) is 9.70. The Morgan fingerprint density at radius 1 is 1.03 bits per heavy atom. The smallest absolute Gasteiger partial charge is 0.305 e. The van der Waals surface area contributed by atoms with Crippen molar-refractivity contribution >= 4 is 58.9 Å². The summed E-state index contributed by atoms with van der Waals surface area (Å²) in [6.07, 6.45) is -0.362. The summed E-state index contributed by atoms with van der Waals surface area (Å²) in [4.78, 5) is 87.8. The molecule has 2 atom stereocenters. The Morgan fingerprint density at radius 2 is 1.67 bits per heavy atom. The summed E-state index contributed by atoms with van der Waals surface area (Å²) in [5.41, 5.74) is 1.18. The van der Waals surface area contributed by atoms with Crippen LogP contribution in [0, 0.1) is 0 Å². The van der Waals surface area contributed by atoms with Gasteiger partial charge in [0.15, 0.2) is 0 Å². The number of hydrogen-bond donors (Lipinski definition) is 4. The number of aliphatic carboxylic acids is 1. The topological polar surface area (TPSA) is 182 Å². The van der Waals surface area contributed by atoms with Crippen LogP contribution in [-0.4, -0.2) is 72.1 Å². The maximum atomic E-state index is 13.7. The number of carboxylic acid groups (broad SMARTS) is 1. The Kier molecular flexibility index (Phi) is 9.10. The molecule has 0 saturated carbocycles. The molecular weight excluding hydrogens is 510 g/mol. The molecule has 2 aromatic rings. The second-order valence-electron chi connectivity index (χ2n) is 8.74. The molecule has 204 valence electrons. The molecule has 5 amide bonds. The first-order valence-electron chi connectivity index (χ1n) is 11.8. The van der Waals surface area contributed by atoms with E-state index in [1.807, 2.05) is 0 Å². The molecule has 0 aliphatic carbocycles. The third-order valence-electron chi connectivity index (χ3n) is 5.75. The van der Waals surface area contributed by atoms with Crippen LogP contribution in [0.3, 0.4) is 0 Å². The molecule has 1 aliphatic rings. The minimum atomic E-state index is -1.31. The van der Waals surface area contributed by atoms with Gasteiger partial charge in [-0.2, -0.15) is 0 Å². The van der Waals surface area contributed by atoms with Gasteiger partial charge in [0.1, 0.15) is 18.9 Å². The van der Waals surface area contributed by atoms with Crippen LogP contribution in [0.25, 0.3) is 0 Å². The van der Waals surface area contributed by atoms with Crippen LogP contribution in [0.1, 0.15) is 30.6 Å². The molecule has 0 unspecified atom stereocenters. The van der Waals surface area contributed by atoms with Crippen LogP contribution in [0.2, 0.25) is 0 Å². The van der Waals surface area contributed by atoms with Crippen LogP contribution in [0.4, 0.5) is 17.1 Å². The molecule has 13 heteroatoms. The fraction of sp³-hybridized carbons (Fsp3) is 0.269. The van der Waals surface area contributed by atoms with Crippen molar-refractivity contribution in [1.29, 1.82) is 0 Å². The number of carbonyl (C=O) groups is 7. The van der Waals surface area contributed by atoms with E-state index < -0.39 is 54.6 Å². The molecule has 1 aliphatic heterocycles. The third kappa shape index (κ3) is 7.25. The molecule has 3 rings (SSSR count). The Balaban J connectivity index is 1.90. The molecule has 13 nitrogen and oxygen atoms in total. The van der Waals surface area contributed by atoms with Gasteiger partial charge in [0, 0.05) is 25.1 Å². The van der Waals surface area contributed by atoms with E-state index in [4.69, 9.17) is 5.11 Å². The van der Waals surface area contributed by atoms with E-state index in [-0.39, 0.29) is 30.0 Å². The van der Waals surface area contributed by atoms with Crippen LogP contribution in [-0.2, 0) is 28.8 Å². The third-order valence-corrected chi connectivity index (χ3v) is 5.75. The van der Waals surface area contributed by atoms with Crippen LogP contribution in [0.5, 0.6) is 0 Å². The zero-order valence-electron chi connectivity index (χ0n) is 21.2. The molecule has 0 fully saturated rings. The number of anilines is 3. The maximum absolute atomic E-state index is 13.7. The lowest BCUT2D eigenvalue weighted by Crippen LogP contribution is -2.54. The molecule has 0 bridgehead atoms. The summed E-state index contributed by atoms with van der Waals surface area (Å²) in [6.45, 7) is 1.80. The number of hydrogen-bond acceptors (Lipinski definition) is 7. The summed E-state index contributed by atoms with van der Waals surface area (Å²) in [5.74, 6) is -4.15. The summed E-state index contributed by atoms with van der Waals surface area (Å²) in [7, 11) is 0. The van der Waals surface area contributed by atoms with Gasteiger partial charge in [-0.15, -0.1) is 0 Å². The molecule has 0 spiro atoms. The molecular formula is C26H27N5O8. The highest BCUT2D eigenvalue weighted by molar-refractivity contribution is 6.10. The van der Waals surface area contributed by atoms with Crippen LogP contribution >= 0.6 is 0 Å². The number of fused-ring (bicyclic) bond motifs is 1. The van der Waals surface area contributed by atoms with Gasteiger partial charge in [0.05, 0.1) is 30.4 Å². The number of rotatable bonds is 9. The molecule has 4 N–H and O–H groups in total. The highest BCUT2D eigenvalue weighted by Crippen LogP contribution is 2.33. The van der Waals surface area contributed by atoms with Crippen LogP contribution < -0.4 is 25.8 Å². The summed E-state index contributed by atoms with van der Waals surface area (Å²) < 4.78 is 0. The highest BCUT2D eigenvalue weighted by atomic mass is 16.4. The minimum absolute atomic E-state index is 0.180. The van der Waals surface area contributed by atoms with E-state index >= 15 is 0 Å². The quantitative estimate of drug-likeness (QED) is 0.329. The van der Waals surface area contributed by atoms with Crippen molar-refractivity contribution in [3.63, 3.8) is 0 Å². The fourth-order valence-electron chi connectivity index (χ4n) is 4.02. The lowest BCUT2D eigenvalue weighted by Gasteiger charge is -2.25. The molecule has 39 heavy (non-hydrogen) atoms. The van der Waals surface area contributed by atoms with Crippen molar-refractivity contribution in [2.24, 2.45) is 0 Å². The van der Waals surface area contributed by atoms with E-state index in [1.54, 1.807) is 18.2 Å². The largest absolute Gasteiger partial charge is 0.481 e. The summed E-state index contributed by atoms with van der Waals surface area (Å²) >= 11 is 0. The average molecular weight is 538 g/mol. The Bertz CT molecular complexity index is 1310. The van der Waals surface area contributed by atoms with Crippen molar-refractivity contribution in [1.82, 2.24) is 10.6 Å². The second kappa shape index (κ2) is 12.4. The number of carbonyl (C=O) groups excluding carboxylic acids is 6. The highest BCUT2D eigenvalue weighted by Gasteiger charge is 2.37. The first-order valence-corrected chi connectivity index (χ1v) is 11.8. The van der Waals surface area contributed by atoms with Gasteiger partial charge in [-0.3, -0.25) is 33.7 Å². The van der Waals surface area contributed by atoms with E-state index in [0.29, 0.717) is 11.4 Å². The van der Waals surface area contributed by atoms with Gasteiger partial charge >= 0.3 is 5.97 Å².